The number of aliphatic hydroxyl groups is 2. The summed E-state index contributed by atoms with van der Waals surface area (Å²) < 4.78 is 0. The van der Waals surface area contributed by atoms with Crippen LogP contribution in [0.5, 0.6) is 0 Å². The van der Waals surface area contributed by atoms with Gasteiger partial charge in [0.25, 0.3) is 0 Å². The molecular weight excluding hydrogens is 136 g/mol. The zero-order chi connectivity index (χ0) is 6.95. The molecule has 9 heavy (non-hydrogen) atoms. The molecule has 0 fully saturated rings. The third-order valence-electron chi connectivity index (χ3n) is 0.507. The fourth-order valence-electron chi connectivity index (χ4n) is 0.218. The van der Waals surface area contributed by atoms with E-state index in [-0.39, 0.29) is 0 Å². The molecule has 0 saturated heterocycles. The molecule has 3 heteroatoms. The first-order valence-electron chi connectivity index (χ1n) is 2.23. The molecule has 0 heterocycles. The lowest BCUT2D eigenvalue weighted by Crippen LogP contribution is -1.74. The zero-order valence-electron chi connectivity index (χ0n) is 4.72. The summed E-state index contributed by atoms with van der Waals surface area (Å²) in [4.78, 5) is 0. The molecule has 0 unspecified atom stereocenters. The van der Waals surface area contributed by atoms with Gasteiger partial charge in [0.2, 0.25) is 0 Å². The van der Waals surface area contributed by atoms with Crippen LogP contribution in [-0.4, -0.2) is 21.7 Å². The predicted molar refractivity (Wildman–Crippen MR) is 36.7 cm³/mol. The highest BCUT2D eigenvalue weighted by molar-refractivity contribution is 7.99. The van der Waals surface area contributed by atoms with Crippen molar-refractivity contribution >= 4 is 11.8 Å². The van der Waals surface area contributed by atoms with Gasteiger partial charge in [-0.3, -0.25) is 0 Å². The third kappa shape index (κ3) is 7.07. The lowest BCUT2D eigenvalue weighted by atomic mass is 10.8. The van der Waals surface area contributed by atoms with E-state index in [0.717, 1.165) is 0 Å². The average molecular weight is 142 g/mol. The minimum absolute atomic E-state index is 0.547. The molecule has 0 bridgehead atoms. The van der Waals surface area contributed by atoms with E-state index in [1.54, 1.807) is 12.2 Å². The fraction of sp³-hybridized carbons (Fsp3) is 0.333. The van der Waals surface area contributed by atoms with Crippen molar-refractivity contribution in [2.24, 2.45) is 0 Å². The molecule has 0 aromatic rings. The van der Waals surface area contributed by atoms with Gasteiger partial charge in [0, 0.05) is 0 Å². The van der Waals surface area contributed by atoms with E-state index in [2.05, 4.69) is 11.8 Å². The van der Waals surface area contributed by atoms with Crippen molar-refractivity contribution in [2.45, 2.75) is 0 Å². The summed E-state index contributed by atoms with van der Waals surface area (Å²) in [5.41, 5.74) is 0. The van der Waals surface area contributed by atoms with E-state index in [1.807, 2.05) is 0 Å². The second kappa shape index (κ2) is 7.07. The summed E-state index contributed by atoms with van der Waals surface area (Å²) >= 11 is 1.44. The van der Waals surface area contributed by atoms with Gasteiger partial charge >= 0.3 is 0 Å². The van der Waals surface area contributed by atoms with Crippen LogP contribution in [0.2, 0.25) is 0 Å². The Kier molecular flexibility index (Phi) is 6.34. The van der Waals surface area contributed by atoms with Crippen LogP contribution in [0.4, 0.5) is 0 Å². The quantitative estimate of drug-likeness (QED) is 0.432. The van der Waals surface area contributed by atoms with Crippen molar-refractivity contribution in [3.8, 4) is 24.1 Å². The Morgan fingerprint density at radius 1 is 1.00 bits per heavy atom. The number of rotatable bonds is 2. The average Bonchev–Trinajstić information content (AvgIpc) is 1.89. The smallest absolute Gasteiger partial charge is 0.108 e. The van der Waals surface area contributed by atoms with Gasteiger partial charge in [-0.05, 0) is 11.8 Å². The first-order chi connectivity index (χ1) is 4.41. The van der Waals surface area contributed by atoms with Crippen molar-refractivity contribution < 1.29 is 10.2 Å². The Morgan fingerprint density at radius 3 is 1.78 bits per heavy atom. The molecule has 0 spiro atoms. The third-order valence-corrected chi connectivity index (χ3v) is 1.20. The Labute approximate surface area is 58.3 Å². The van der Waals surface area contributed by atoms with Gasteiger partial charge in [0.1, 0.15) is 12.2 Å². The van der Waals surface area contributed by atoms with Gasteiger partial charge < -0.3 is 10.2 Å². The van der Waals surface area contributed by atoms with Gasteiger partial charge in [-0.1, -0.05) is 0 Å². The summed E-state index contributed by atoms with van der Waals surface area (Å²) in [6, 6.07) is 0. The van der Waals surface area contributed by atoms with Crippen LogP contribution in [0, 0.1) is 24.1 Å². The van der Waals surface area contributed by atoms with Crippen LogP contribution < -0.4 is 0 Å². The monoisotopic (exact) mass is 142 g/mol. The van der Waals surface area contributed by atoms with Crippen molar-refractivity contribution in [1.82, 2.24) is 0 Å². The Balaban J connectivity index is 3.04. The summed E-state index contributed by atoms with van der Waals surface area (Å²) in [5, 5.41) is 15.9. The molecule has 2 N–H and O–H groups in total. The second-order valence-corrected chi connectivity index (χ2v) is 2.06. The van der Waals surface area contributed by atoms with Gasteiger partial charge in [-0.15, -0.1) is 11.8 Å². The molecule has 0 amide bonds. The summed E-state index contributed by atoms with van der Waals surface area (Å²) in [6.45, 7) is 0. The maximum atomic E-state index is 7.96. The van der Waals surface area contributed by atoms with E-state index in [1.165, 1.54) is 11.8 Å². The standard InChI is InChI=1S/C6H6O2S/c7-3-1-5-9-6-2-4-8/h7-8H,5-6H2. The van der Waals surface area contributed by atoms with E-state index in [9.17, 15) is 0 Å². The van der Waals surface area contributed by atoms with Crippen molar-refractivity contribution in [1.29, 1.82) is 0 Å². The Hall–Kier alpha value is -0.930. The van der Waals surface area contributed by atoms with Gasteiger partial charge in [-0.2, -0.15) is 0 Å². The normalized spacial score (nSPS) is 6.22. The highest BCUT2D eigenvalue weighted by Gasteiger charge is 1.77. The topological polar surface area (TPSA) is 40.5 Å². The van der Waals surface area contributed by atoms with Crippen molar-refractivity contribution in [3.05, 3.63) is 0 Å². The van der Waals surface area contributed by atoms with Crippen LogP contribution in [0.25, 0.3) is 0 Å². The molecule has 0 aromatic carbocycles. The molecule has 0 saturated carbocycles. The van der Waals surface area contributed by atoms with Crippen LogP contribution in [0.1, 0.15) is 0 Å². The molecule has 48 valence electrons. The molecule has 0 atom stereocenters. The maximum Gasteiger partial charge on any atom is 0.108 e. The molecule has 0 aliphatic rings. The van der Waals surface area contributed by atoms with E-state index >= 15 is 0 Å². The highest BCUT2D eigenvalue weighted by atomic mass is 32.2. The minimum atomic E-state index is 0.547. The SMILES string of the molecule is OC#CCSCC#CO. The maximum absolute atomic E-state index is 7.96. The molecule has 0 radical (unpaired) electrons. The van der Waals surface area contributed by atoms with Gasteiger partial charge in [0.15, 0.2) is 0 Å². The molecular formula is C6H6O2S. The highest BCUT2D eigenvalue weighted by Crippen LogP contribution is 1.94. The fourth-order valence-corrected chi connectivity index (χ4v) is 0.653. The lowest BCUT2D eigenvalue weighted by molar-refractivity contribution is 0.516. The van der Waals surface area contributed by atoms with Crippen LogP contribution in [0.3, 0.4) is 0 Å². The Morgan fingerprint density at radius 2 is 1.44 bits per heavy atom. The number of aliphatic hydroxyl groups excluding tert-OH is 2. The summed E-state index contributed by atoms with van der Waals surface area (Å²) in [5.74, 6) is 5.95. The molecule has 0 aliphatic heterocycles. The number of hydrogen-bond acceptors (Lipinski definition) is 3. The molecule has 0 aliphatic carbocycles. The van der Waals surface area contributed by atoms with Crippen LogP contribution in [0.15, 0.2) is 0 Å². The van der Waals surface area contributed by atoms with Gasteiger partial charge in [0.05, 0.1) is 11.5 Å². The largest absolute Gasteiger partial charge is 0.462 e. The first-order valence-corrected chi connectivity index (χ1v) is 3.39. The van der Waals surface area contributed by atoms with Crippen LogP contribution >= 0.6 is 11.8 Å². The van der Waals surface area contributed by atoms with Crippen molar-refractivity contribution in [2.75, 3.05) is 11.5 Å². The summed E-state index contributed by atoms with van der Waals surface area (Å²) in [6.07, 6.45) is 3.53. The van der Waals surface area contributed by atoms with Crippen molar-refractivity contribution in [3.63, 3.8) is 0 Å². The Bertz CT molecular complexity index is 147. The molecule has 2 nitrogen and oxygen atoms in total. The minimum Gasteiger partial charge on any atom is -0.462 e. The molecule has 0 rings (SSSR count). The second-order valence-electron chi connectivity index (χ2n) is 1.07. The predicted octanol–water partition coefficient (Wildman–Crippen LogP) is 0.386. The number of thioether (sulfide) groups is 1. The first kappa shape index (κ1) is 8.07. The van der Waals surface area contributed by atoms with Gasteiger partial charge in [-0.25, -0.2) is 0 Å². The van der Waals surface area contributed by atoms with Crippen LogP contribution in [-0.2, 0) is 0 Å². The number of hydrogen-bond donors (Lipinski definition) is 2. The zero-order valence-corrected chi connectivity index (χ0v) is 5.53. The molecule has 0 aromatic heterocycles. The lowest BCUT2D eigenvalue weighted by Gasteiger charge is -1.81. The van der Waals surface area contributed by atoms with E-state index in [4.69, 9.17) is 10.2 Å². The van der Waals surface area contributed by atoms with E-state index in [0.29, 0.717) is 11.5 Å². The summed E-state index contributed by atoms with van der Waals surface area (Å²) in [7, 11) is 0. The van der Waals surface area contributed by atoms with E-state index < -0.39 is 0 Å².